The first kappa shape index (κ1) is 14.3. The third-order valence-corrected chi connectivity index (χ3v) is 3.86. The van der Waals surface area contributed by atoms with Gasteiger partial charge in [-0.3, -0.25) is 4.79 Å². The van der Waals surface area contributed by atoms with Crippen molar-refractivity contribution in [1.82, 2.24) is 4.90 Å². The predicted molar refractivity (Wildman–Crippen MR) is 78.0 cm³/mol. The first-order chi connectivity index (χ1) is 9.16. The Labute approximate surface area is 122 Å². The van der Waals surface area contributed by atoms with Gasteiger partial charge in [-0.1, -0.05) is 12.1 Å². The lowest BCUT2D eigenvalue weighted by Crippen LogP contribution is -2.31. The van der Waals surface area contributed by atoms with Crippen molar-refractivity contribution >= 4 is 21.8 Å². The standard InChI is InChI=1S/C14H19BrN2O2/c15-12-4-1-2-5-13(12)19-9-3-6-14(18)17-8-7-11(16)10-17/h1-2,4-5,11H,3,6-10,16H2/t11-/m1/s1. The molecule has 1 aromatic rings. The summed E-state index contributed by atoms with van der Waals surface area (Å²) in [6.45, 7) is 2.04. The zero-order chi connectivity index (χ0) is 13.7. The summed E-state index contributed by atoms with van der Waals surface area (Å²) in [5, 5.41) is 0. The Bertz CT molecular complexity index is 439. The monoisotopic (exact) mass is 326 g/mol. The Kier molecular flexibility index (Phi) is 5.22. The minimum Gasteiger partial charge on any atom is -0.492 e. The summed E-state index contributed by atoms with van der Waals surface area (Å²) in [5.74, 6) is 1.00. The van der Waals surface area contributed by atoms with Crippen molar-refractivity contribution in [2.45, 2.75) is 25.3 Å². The SMILES string of the molecule is N[C@@H]1CCN(C(=O)CCCOc2ccccc2Br)C1. The Hall–Kier alpha value is -1.07. The van der Waals surface area contributed by atoms with Gasteiger partial charge < -0.3 is 15.4 Å². The van der Waals surface area contributed by atoms with Gasteiger partial charge in [0.15, 0.2) is 0 Å². The van der Waals surface area contributed by atoms with Crippen molar-refractivity contribution in [1.29, 1.82) is 0 Å². The predicted octanol–water partition coefficient (Wildman–Crippen LogP) is 2.17. The van der Waals surface area contributed by atoms with Gasteiger partial charge in [0, 0.05) is 25.6 Å². The Morgan fingerprint density at radius 3 is 2.95 bits per heavy atom. The van der Waals surface area contributed by atoms with Crippen molar-refractivity contribution in [2.75, 3.05) is 19.7 Å². The lowest BCUT2D eigenvalue weighted by Gasteiger charge is -2.15. The van der Waals surface area contributed by atoms with Gasteiger partial charge in [0.05, 0.1) is 11.1 Å². The van der Waals surface area contributed by atoms with E-state index in [1.54, 1.807) is 0 Å². The average molecular weight is 327 g/mol. The molecule has 104 valence electrons. The van der Waals surface area contributed by atoms with Gasteiger partial charge in [0.2, 0.25) is 5.91 Å². The molecular weight excluding hydrogens is 308 g/mol. The molecule has 1 atom stereocenters. The zero-order valence-electron chi connectivity index (χ0n) is 10.8. The molecule has 2 N–H and O–H groups in total. The molecule has 2 rings (SSSR count). The largest absolute Gasteiger partial charge is 0.492 e. The van der Waals surface area contributed by atoms with Crippen LogP contribution in [0.4, 0.5) is 0 Å². The first-order valence-corrected chi connectivity index (χ1v) is 7.37. The summed E-state index contributed by atoms with van der Waals surface area (Å²) in [6, 6.07) is 7.87. The fourth-order valence-electron chi connectivity index (χ4n) is 2.14. The van der Waals surface area contributed by atoms with Crippen molar-refractivity contribution in [3.8, 4) is 5.75 Å². The molecule has 0 unspecified atom stereocenters. The van der Waals surface area contributed by atoms with E-state index in [1.807, 2.05) is 29.2 Å². The lowest BCUT2D eigenvalue weighted by molar-refractivity contribution is -0.130. The average Bonchev–Trinajstić information content (AvgIpc) is 2.83. The van der Waals surface area contributed by atoms with Gasteiger partial charge in [-0.05, 0) is 40.9 Å². The van der Waals surface area contributed by atoms with Crippen LogP contribution in [0.3, 0.4) is 0 Å². The number of nitrogens with two attached hydrogens (primary N) is 1. The van der Waals surface area contributed by atoms with Crippen molar-refractivity contribution in [2.24, 2.45) is 5.73 Å². The van der Waals surface area contributed by atoms with E-state index in [0.29, 0.717) is 19.6 Å². The highest BCUT2D eigenvalue weighted by molar-refractivity contribution is 9.10. The number of para-hydroxylation sites is 1. The third-order valence-electron chi connectivity index (χ3n) is 3.21. The van der Waals surface area contributed by atoms with Crippen molar-refractivity contribution in [3.63, 3.8) is 0 Å². The van der Waals surface area contributed by atoms with Crippen molar-refractivity contribution in [3.05, 3.63) is 28.7 Å². The Morgan fingerprint density at radius 2 is 2.26 bits per heavy atom. The topological polar surface area (TPSA) is 55.6 Å². The number of benzene rings is 1. The minimum absolute atomic E-state index is 0.153. The molecule has 0 spiro atoms. The van der Waals surface area contributed by atoms with Gasteiger partial charge >= 0.3 is 0 Å². The van der Waals surface area contributed by atoms with E-state index in [1.165, 1.54) is 0 Å². The van der Waals surface area contributed by atoms with Crippen LogP contribution < -0.4 is 10.5 Å². The summed E-state index contributed by atoms with van der Waals surface area (Å²) in [5.41, 5.74) is 5.79. The van der Waals surface area contributed by atoms with Crippen LogP contribution in [-0.4, -0.2) is 36.5 Å². The summed E-state index contributed by atoms with van der Waals surface area (Å²) < 4.78 is 6.57. The van der Waals surface area contributed by atoms with Crippen LogP contribution >= 0.6 is 15.9 Å². The van der Waals surface area contributed by atoms with Crippen molar-refractivity contribution < 1.29 is 9.53 Å². The number of likely N-dealkylation sites (tertiary alicyclic amines) is 1. The normalized spacial score (nSPS) is 18.6. The molecule has 1 heterocycles. The maximum Gasteiger partial charge on any atom is 0.222 e. The zero-order valence-corrected chi connectivity index (χ0v) is 12.4. The number of carbonyl (C=O) groups is 1. The molecule has 0 bridgehead atoms. The second-order valence-corrected chi connectivity index (χ2v) is 5.63. The number of hydrogen-bond donors (Lipinski definition) is 1. The number of amides is 1. The van der Waals surface area contributed by atoms with Crippen LogP contribution in [0.15, 0.2) is 28.7 Å². The maximum atomic E-state index is 11.9. The van der Waals surface area contributed by atoms with E-state index in [0.717, 1.165) is 29.6 Å². The van der Waals surface area contributed by atoms with E-state index in [-0.39, 0.29) is 11.9 Å². The van der Waals surface area contributed by atoms with Gasteiger partial charge in [-0.15, -0.1) is 0 Å². The van der Waals surface area contributed by atoms with E-state index in [4.69, 9.17) is 10.5 Å². The Balaban J connectivity index is 1.67. The van der Waals surface area contributed by atoms with Crippen LogP contribution in [0.1, 0.15) is 19.3 Å². The molecule has 1 aliphatic heterocycles. The van der Waals surface area contributed by atoms with E-state index >= 15 is 0 Å². The molecule has 1 aromatic carbocycles. The fraction of sp³-hybridized carbons (Fsp3) is 0.500. The lowest BCUT2D eigenvalue weighted by atomic mass is 10.3. The summed E-state index contributed by atoms with van der Waals surface area (Å²) >= 11 is 3.42. The van der Waals surface area contributed by atoms with E-state index in [2.05, 4.69) is 15.9 Å². The number of hydrogen-bond acceptors (Lipinski definition) is 3. The highest BCUT2D eigenvalue weighted by Crippen LogP contribution is 2.23. The molecule has 1 aliphatic rings. The molecule has 1 amide bonds. The number of halogens is 1. The molecule has 1 fully saturated rings. The molecule has 5 heteroatoms. The molecule has 4 nitrogen and oxygen atoms in total. The van der Waals surface area contributed by atoms with E-state index in [9.17, 15) is 4.79 Å². The second kappa shape index (κ2) is 6.91. The van der Waals surface area contributed by atoms with E-state index < -0.39 is 0 Å². The van der Waals surface area contributed by atoms with Gasteiger partial charge in [0.1, 0.15) is 5.75 Å². The van der Waals surface area contributed by atoms with Crippen LogP contribution in [0.2, 0.25) is 0 Å². The van der Waals surface area contributed by atoms with Crippen LogP contribution in [-0.2, 0) is 4.79 Å². The quantitative estimate of drug-likeness (QED) is 0.844. The molecular formula is C14H19BrN2O2. The fourth-order valence-corrected chi connectivity index (χ4v) is 2.54. The minimum atomic E-state index is 0.153. The maximum absolute atomic E-state index is 11.9. The van der Waals surface area contributed by atoms with Crippen LogP contribution in [0, 0.1) is 0 Å². The molecule has 0 radical (unpaired) electrons. The first-order valence-electron chi connectivity index (χ1n) is 6.57. The molecule has 19 heavy (non-hydrogen) atoms. The number of nitrogens with zero attached hydrogens (tertiary/aromatic N) is 1. The van der Waals surface area contributed by atoms with Gasteiger partial charge in [0.25, 0.3) is 0 Å². The highest BCUT2D eigenvalue weighted by atomic mass is 79.9. The smallest absolute Gasteiger partial charge is 0.222 e. The van der Waals surface area contributed by atoms with Crippen LogP contribution in [0.25, 0.3) is 0 Å². The highest BCUT2D eigenvalue weighted by Gasteiger charge is 2.22. The number of carbonyl (C=O) groups excluding carboxylic acids is 1. The molecule has 1 saturated heterocycles. The molecule has 0 aliphatic carbocycles. The van der Waals surface area contributed by atoms with Gasteiger partial charge in [-0.2, -0.15) is 0 Å². The summed E-state index contributed by atoms with van der Waals surface area (Å²) in [6.07, 6.45) is 2.17. The van der Waals surface area contributed by atoms with Crippen LogP contribution in [0.5, 0.6) is 5.75 Å². The summed E-state index contributed by atoms with van der Waals surface area (Å²) in [4.78, 5) is 13.7. The second-order valence-electron chi connectivity index (χ2n) is 4.77. The number of rotatable bonds is 5. The Morgan fingerprint density at radius 1 is 1.47 bits per heavy atom. The van der Waals surface area contributed by atoms with Gasteiger partial charge in [-0.25, -0.2) is 0 Å². The summed E-state index contributed by atoms with van der Waals surface area (Å²) in [7, 11) is 0. The molecule has 0 aromatic heterocycles. The molecule has 0 saturated carbocycles. The third kappa shape index (κ3) is 4.21. The number of ether oxygens (including phenoxy) is 1.